The summed E-state index contributed by atoms with van der Waals surface area (Å²) in [5.74, 6) is 0. The van der Waals surface area contributed by atoms with Crippen molar-refractivity contribution in [2.75, 3.05) is 19.7 Å². The molecule has 0 bridgehead atoms. The first kappa shape index (κ1) is 9.01. The van der Waals surface area contributed by atoms with Crippen LogP contribution in [-0.4, -0.2) is 35.7 Å². The van der Waals surface area contributed by atoms with Gasteiger partial charge in [0.05, 0.1) is 6.61 Å². The molecular weight excluding hydrogens is 138 g/mol. The zero-order valence-electron chi connectivity index (χ0n) is 7.42. The summed E-state index contributed by atoms with van der Waals surface area (Å²) in [7, 11) is 0. The quantitative estimate of drug-likeness (QED) is 0.663. The Morgan fingerprint density at radius 3 is 3.00 bits per heavy atom. The highest BCUT2D eigenvalue weighted by Gasteiger charge is 2.22. The average molecular weight is 157 g/mol. The molecule has 0 radical (unpaired) electrons. The van der Waals surface area contributed by atoms with Gasteiger partial charge in [-0.25, -0.2) is 0 Å². The number of aliphatic hydroxyl groups excluding tert-OH is 1. The Balaban J connectivity index is 2.20. The van der Waals surface area contributed by atoms with Crippen LogP contribution in [0, 0.1) is 0 Å². The van der Waals surface area contributed by atoms with Crippen molar-refractivity contribution < 1.29 is 5.11 Å². The standard InChI is InChI=1S/C9H19NO/c1-2-3-6-10-7-4-5-9(10)8-11/h9,11H,2-8H2,1H3/t9-/m0/s1. The van der Waals surface area contributed by atoms with Crippen molar-refractivity contribution in [1.29, 1.82) is 0 Å². The van der Waals surface area contributed by atoms with E-state index in [1.165, 1.54) is 38.8 Å². The minimum atomic E-state index is 0.351. The first-order valence-corrected chi connectivity index (χ1v) is 4.73. The van der Waals surface area contributed by atoms with Gasteiger partial charge < -0.3 is 5.11 Å². The molecule has 0 spiro atoms. The number of aliphatic hydroxyl groups is 1. The molecule has 0 saturated carbocycles. The molecule has 0 aromatic heterocycles. The molecule has 11 heavy (non-hydrogen) atoms. The summed E-state index contributed by atoms with van der Waals surface area (Å²) in [6, 6.07) is 0.474. The Morgan fingerprint density at radius 2 is 2.36 bits per heavy atom. The van der Waals surface area contributed by atoms with Crippen LogP contribution in [0.4, 0.5) is 0 Å². The third-order valence-corrected chi connectivity index (χ3v) is 2.51. The Kier molecular flexibility index (Phi) is 3.87. The Bertz CT molecular complexity index is 106. The van der Waals surface area contributed by atoms with E-state index in [-0.39, 0.29) is 0 Å². The van der Waals surface area contributed by atoms with Gasteiger partial charge in [-0.1, -0.05) is 13.3 Å². The fraction of sp³-hybridized carbons (Fsp3) is 1.00. The van der Waals surface area contributed by atoms with Crippen molar-refractivity contribution >= 4 is 0 Å². The van der Waals surface area contributed by atoms with Gasteiger partial charge in [0.15, 0.2) is 0 Å². The highest BCUT2D eigenvalue weighted by molar-refractivity contribution is 4.77. The number of hydrogen-bond acceptors (Lipinski definition) is 2. The third kappa shape index (κ3) is 2.46. The summed E-state index contributed by atoms with van der Waals surface area (Å²) in [5.41, 5.74) is 0. The van der Waals surface area contributed by atoms with Crippen molar-refractivity contribution in [3.63, 3.8) is 0 Å². The molecule has 1 rings (SSSR count). The average Bonchev–Trinajstić information content (AvgIpc) is 2.47. The van der Waals surface area contributed by atoms with E-state index < -0.39 is 0 Å². The van der Waals surface area contributed by atoms with Gasteiger partial charge in [-0.3, -0.25) is 4.90 Å². The van der Waals surface area contributed by atoms with Crippen LogP contribution < -0.4 is 0 Å². The zero-order chi connectivity index (χ0) is 8.10. The smallest absolute Gasteiger partial charge is 0.0586 e. The molecule has 1 atom stereocenters. The summed E-state index contributed by atoms with van der Waals surface area (Å²) < 4.78 is 0. The van der Waals surface area contributed by atoms with Crippen LogP contribution >= 0.6 is 0 Å². The molecule has 1 heterocycles. The van der Waals surface area contributed by atoms with E-state index in [1.54, 1.807) is 0 Å². The molecule has 0 amide bonds. The second-order valence-corrected chi connectivity index (χ2v) is 3.37. The molecule has 1 saturated heterocycles. The van der Waals surface area contributed by atoms with Gasteiger partial charge in [0.1, 0.15) is 0 Å². The van der Waals surface area contributed by atoms with E-state index in [1.807, 2.05) is 0 Å². The maximum Gasteiger partial charge on any atom is 0.0586 e. The van der Waals surface area contributed by atoms with Crippen molar-refractivity contribution in [2.24, 2.45) is 0 Å². The number of rotatable bonds is 4. The Morgan fingerprint density at radius 1 is 1.55 bits per heavy atom. The van der Waals surface area contributed by atoms with Crippen LogP contribution in [0.2, 0.25) is 0 Å². The van der Waals surface area contributed by atoms with Gasteiger partial charge in [0.25, 0.3) is 0 Å². The largest absolute Gasteiger partial charge is 0.395 e. The lowest BCUT2D eigenvalue weighted by molar-refractivity contribution is 0.157. The van der Waals surface area contributed by atoms with Crippen LogP contribution in [0.25, 0.3) is 0 Å². The second kappa shape index (κ2) is 4.73. The van der Waals surface area contributed by atoms with Crippen molar-refractivity contribution in [2.45, 2.75) is 38.6 Å². The summed E-state index contributed by atoms with van der Waals surface area (Å²) in [4.78, 5) is 2.42. The topological polar surface area (TPSA) is 23.5 Å². The molecule has 1 fully saturated rings. The zero-order valence-corrected chi connectivity index (χ0v) is 7.42. The summed E-state index contributed by atoms with van der Waals surface area (Å²) in [6.45, 7) is 4.95. The predicted octanol–water partition coefficient (Wildman–Crippen LogP) is 1.24. The van der Waals surface area contributed by atoms with Crippen LogP contribution in [-0.2, 0) is 0 Å². The molecule has 1 aliphatic rings. The van der Waals surface area contributed by atoms with Gasteiger partial charge in [-0.05, 0) is 32.4 Å². The molecule has 0 aromatic carbocycles. The number of likely N-dealkylation sites (tertiary alicyclic amines) is 1. The van der Waals surface area contributed by atoms with Gasteiger partial charge in [0, 0.05) is 6.04 Å². The summed E-state index contributed by atoms with van der Waals surface area (Å²) in [5, 5.41) is 8.99. The maximum atomic E-state index is 8.99. The summed E-state index contributed by atoms with van der Waals surface area (Å²) >= 11 is 0. The summed E-state index contributed by atoms with van der Waals surface area (Å²) in [6.07, 6.45) is 5.00. The van der Waals surface area contributed by atoms with Crippen LogP contribution in [0.1, 0.15) is 32.6 Å². The molecule has 1 aliphatic heterocycles. The van der Waals surface area contributed by atoms with Gasteiger partial charge in [-0.15, -0.1) is 0 Å². The first-order valence-electron chi connectivity index (χ1n) is 4.73. The third-order valence-electron chi connectivity index (χ3n) is 2.51. The predicted molar refractivity (Wildman–Crippen MR) is 46.6 cm³/mol. The number of nitrogens with zero attached hydrogens (tertiary/aromatic N) is 1. The molecule has 0 aliphatic carbocycles. The monoisotopic (exact) mass is 157 g/mol. The van der Waals surface area contributed by atoms with E-state index in [9.17, 15) is 0 Å². The van der Waals surface area contributed by atoms with Crippen LogP contribution in [0.15, 0.2) is 0 Å². The lowest BCUT2D eigenvalue weighted by Crippen LogP contribution is -2.32. The van der Waals surface area contributed by atoms with E-state index >= 15 is 0 Å². The highest BCUT2D eigenvalue weighted by Crippen LogP contribution is 2.16. The number of hydrogen-bond donors (Lipinski definition) is 1. The minimum Gasteiger partial charge on any atom is -0.395 e. The van der Waals surface area contributed by atoms with E-state index in [0.717, 1.165) is 0 Å². The van der Waals surface area contributed by atoms with Crippen molar-refractivity contribution in [3.8, 4) is 0 Å². The molecule has 0 unspecified atom stereocenters. The Hall–Kier alpha value is -0.0800. The van der Waals surface area contributed by atoms with E-state index in [2.05, 4.69) is 11.8 Å². The molecule has 66 valence electrons. The van der Waals surface area contributed by atoms with Crippen molar-refractivity contribution in [3.05, 3.63) is 0 Å². The van der Waals surface area contributed by atoms with Crippen molar-refractivity contribution in [1.82, 2.24) is 4.90 Å². The van der Waals surface area contributed by atoms with E-state index in [0.29, 0.717) is 12.6 Å². The SMILES string of the molecule is CCCCN1CCC[C@H]1CO. The molecule has 2 nitrogen and oxygen atoms in total. The molecule has 1 N–H and O–H groups in total. The van der Waals surface area contributed by atoms with Gasteiger partial charge >= 0.3 is 0 Å². The Labute approximate surface area is 69.2 Å². The van der Waals surface area contributed by atoms with Gasteiger partial charge in [-0.2, -0.15) is 0 Å². The fourth-order valence-electron chi connectivity index (χ4n) is 1.76. The van der Waals surface area contributed by atoms with Crippen LogP contribution in [0.5, 0.6) is 0 Å². The highest BCUT2D eigenvalue weighted by atomic mass is 16.3. The maximum absolute atomic E-state index is 8.99. The second-order valence-electron chi connectivity index (χ2n) is 3.37. The molecule has 2 heteroatoms. The molecule has 0 aromatic rings. The lowest BCUT2D eigenvalue weighted by Gasteiger charge is -2.21. The van der Waals surface area contributed by atoms with E-state index in [4.69, 9.17) is 5.11 Å². The first-order chi connectivity index (χ1) is 5.38. The fourth-order valence-corrected chi connectivity index (χ4v) is 1.76. The lowest BCUT2D eigenvalue weighted by atomic mass is 10.2. The van der Waals surface area contributed by atoms with Gasteiger partial charge in [0.2, 0.25) is 0 Å². The van der Waals surface area contributed by atoms with Crippen LogP contribution in [0.3, 0.4) is 0 Å². The minimum absolute atomic E-state index is 0.351. The number of unbranched alkanes of at least 4 members (excludes halogenated alkanes) is 1. The molecular formula is C9H19NO. The normalized spacial score (nSPS) is 26.2.